The summed E-state index contributed by atoms with van der Waals surface area (Å²) in [5.74, 6) is 1.86. The van der Waals surface area contributed by atoms with Crippen LogP contribution in [0.1, 0.15) is 78.6 Å². The van der Waals surface area contributed by atoms with Gasteiger partial charge in [-0.1, -0.05) is 20.8 Å². The van der Waals surface area contributed by atoms with Crippen molar-refractivity contribution in [2.45, 2.75) is 96.7 Å². The number of nitrogens with zero attached hydrogens (tertiary/aromatic N) is 2. The van der Waals surface area contributed by atoms with E-state index in [-0.39, 0.29) is 35.9 Å². The summed E-state index contributed by atoms with van der Waals surface area (Å²) in [7, 11) is 0. The molecule has 0 spiro atoms. The Kier molecular flexibility index (Phi) is 7.98. The van der Waals surface area contributed by atoms with Crippen LogP contribution >= 0.6 is 0 Å². The number of hydrogen-bond acceptors (Lipinski definition) is 4. The summed E-state index contributed by atoms with van der Waals surface area (Å²) in [4.78, 5) is 43.3. The first-order valence-corrected chi connectivity index (χ1v) is 13.3. The molecule has 4 fully saturated rings. The molecule has 4 saturated heterocycles. The summed E-state index contributed by atoms with van der Waals surface area (Å²) < 4.78 is 5.67. The fraction of sp³-hybridized carbons (Fsp3) is 0.885. The van der Waals surface area contributed by atoms with Crippen molar-refractivity contribution in [3.8, 4) is 0 Å². The lowest BCUT2D eigenvalue weighted by molar-refractivity contribution is -0.151. The van der Waals surface area contributed by atoms with Crippen molar-refractivity contribution in [1.82, 2.24) is 15.1 Å². The molecular formula is C26H43N3O4. The molecule has 0 saturated carbocycles. The molecule has 0 radical (unpaired) electrons. The van der Waals surface area contributed by atoms with E-state index < -0.39 is 0 Å². The summed E-state index contributed by atoms with van der Waals surface area (Å²) in [5, 5.41) is 3.25. The van der Waals surface area contributed by atoms with E-state index in [9.17, 15) is 14.4 Å². The van der Waals surface area contributed by atoms with Crippen LogP contribution in [0, 0.1) is 23.7 Å². The first kappa shape index (κ1) is 24.5. The van der Waals surface area contributed by atoms with E-state index in [1.807, 2.05) is 4.90 Å². The van der Waals surface area contributed by atoms with Crippen LogP contribution in [0.3, 0.4) is 0 Å². The summed E-state index contributed by atoms with van der Waals surface area (Å²) in [6.07, 6.45) is 7.14. The number of nitrogens with one attached hydrogen (secondary N) is 1. The number of fused-ring (bicyclic) bond motifs is 4. The standard InChI is InChI=1S/C26H43N3O4/c1-17(2)21-10-9-18(3)12-25(31)29-15-19-13-20(22(29)6-4-8-24(30)27-21)16-28(14-19)26(32)23-7-5-11-33-23/h17-23H,4-16H2,1-3H3,(H,27,30)/t18-,19+,20-,21+,22+,23-/m1/s1. The molecule has 0 unspecified atom stereocenters. The molecule has 6 atom stereocenters. The van der Waals surface area contributed by atoms with Crippen molar-refractivity contribution in [2.24, 2.45) is 23.7 Å². The Bertz CT molecular complexity index is 720. The van der Waals surface area contributed by atoms with Gasteiger partial charge in [-0.15, -0.1) is 0 Å². The zero-order valence-electron chi connectivity index (χ0n) is 20.8. The lowest BCUT2D eigenvalue weighted by atomic mass is 9.77. The molecule has 4 aliphatic heterocycles. The maximum Gasteiger partial charge on any atom is 0.251 e. The van der Waals surface area contributed by atoms with Gasteiger partial charge in [0.05, 0.1) is 0 Å². The number of piperidine rings is 2. The molecule has 4 aliphatic rings. The number of carbonyl (C=O) groups excluding carboxylic acids is 3. The Balaban J connectivity index is 1.48. The maximum atomic E-state index is 13.4. The SMILES string of the molecule is CC(C)[C@@H]1CC[C@@H](C)CC(=O)N2C[C@H]3C[C@H](CN(C(=O)[C@H]4CCCO4)C3)[C@@H]2CCCC(=O)N1. The maximum absolute atomic E-state index is 13.4. The molecule has 186 valence electrons. The van der Waals surface area contributed by atoms with Gasteiger partial charge in [0.2, 0.25) is 11.8 Å². The number of carbonyl (C=O) groups is 3. The van der Waals surface area contributed by atoms with Crippen molar-refractivity contribution in [1.29, 1.82) is 0 Å². The average Bonchev–Trinajstić information content (AvgIpc) is 3.31. The molecule has 33 heavy (non-hydrogen) atoms. The van der Waals surface area contributed by atoms with Crippen molar-refractivity contribution in [2.75, 3.05) is 26.2 Å². The van der Waals surface area contributed by atoms with Crippen molar-refractivity contribution in [3.05, 3.63) is 0 Å². The van der Waals surface area contributed by atoms with Gasteiger partial charge < -0.3 is 19.9 Å². The summed E-state index contributed by atoms with van der Waals surface area (Å²) >= 11 is 0. The smallest absolute Gasteiger partial charge is 0.251 e. The van der Waals surface area contributed by atoms with E-state index in [1.54, 1.807) is 0 Å². The molecule has 0 aliphatic carbocycles. The highest BCUT2D eigenvalue weighted by molar-refractivity contribution is 5.81. The number of amides is 3. The second kappa shape index (κ2) is 10.7. The quantitative estimate of drug-likeness (QED) is 0.686. The molecular weight excluding hydrogens is 418 g/mol. The first-order chi connectivity index (χ1) is 15.8. The number of rotatable bonds is 2. The van der Waals surface area contributed by atoms with Gasteiger partial charge >= 0.3 is 0 Å². The minimum atomic E-state index is -0.278. The predicted molar refractivity (Wildman–Crippen MR) is 126 cm³/mol. The second-order valence-corrected chi connectivity index (χ2v) is 11.4. The Morgan fingerprint density at radius 3 is 2.61 bits per heavy atom. The Morgan fingerprint density at radius 1 is 1.06 bits per heavy atom. The van der Waals surface area contributed by atoms with E-state index in [4.69, 9.17) is 4.74 Å². The first-order valence-electron chi connectivity index (χ1n) is 13.3. The van der Waals surface area contributed by atoms with Crippen LogP contribution in [-0.4, -0.2) is 72.0 Å². The third-order valence-electron chi connectivity index (χ3n) is 8.35. The molecule has 7 heteroatoms. The molecule has 0 aromatic carbocycles. The van der Waals surface area contributed by atoms with Gasteiger partial charge in [0.25, 0.3) is 5.91 Å². The average molecular weight is 462 g/mol. The zero-order valence-corrected chi connectivity index (χ0v) is 20.8. The highest BCUT2D eigenvalue weighted by Crippen LogP contribution is 2.37. The van der Waals surface area contributed by atoms with Gasteiger partial charge in [-0.05, 0) is 68.6 Å². The fourth-order valence-corrected chi connectivity index (χ4v) is 6.46. The van der Waals surface area contributed by atoms with Gasteiger partial charge in [0.1, 0.15) is 6.10 Å². The summed E-state index contributed by atoms with van der Waals surface area (Å²) in [6.45, 7) is 9.34. The van der Waals surface area contributed by atoms with Crippen LogP contribution in [0.2, 0.25) is 0 Å². The molecule has 1 N–H and O–H groups in total. The van der Waals surface area contributed by atoms with Crippen LogP contribution in [0.25, 0.3) is 0 Å². The third kappa shape index (κ3) is 5.90. The van der Waals surface area contributed by atoms with Gasteiger partial charge in [0, 0.05) is 51.2 Å². The molecule has 2 bridgehead atoms. The monoisotopic (exact) mass is 461 g/mol. The molecule has 0 aromatic heterocycles. The molecule has 0 aromatic rings. The Labute approximate surface area is 199 Å². The minimum absolute atomic E-state index is 0.121. The lowest BCUT2D eigenvalue weighted by Crippen LogP contribution is -2.61. The Morgan fingerprint density at radius 2 is 1.88 bits per heavy atom. The predicted octanol–water partition coefficient (Wildman–Crippen LogP) is 2.97. The van der Waals surface area contributed by atoms with Crippen molar-refractivity contribution < 1.29 is 19.1 Å². The van der Waals surface area contributed by atoms with Gasteiger partial charge in [0.15, 0.2) is 0 Å². The van der Waals surface area contributed by atoms with Crippen LogP contribution in [-0.2, 0) is 19.1 Å². The Hall–Kier alpha value is -1.63. The van der Waals surface area contributed by atoms with E-state index >= 15 is 0 Å². The topological polar surface area (TPSA) is 79.0 Å². The summed E-state index contributed by atoms with van der Waals surface area (Å²) in [5.41, 5.74) is 0. The van der Waals surface area contributed by atoms with E-state index in [2.05, 4.69) is 31.0 Å². The van der Waals surface area contributed by atoms with Crippen LogP contribution in [0.4, 0.5) is 0 Å². The molecule has 7 nitrogen and oxygen atoms in total. The van der Waals surface area contributed by atoms with Crippen molar-refractivity contribution in [3.63, 3.8) is 0 Å². The molecule has 3 amide bonds. The van der Waals surface area contributed by atoms with Crippen LogP contribution < -0.4 is 5.32 Å². The highest BCUT2D eigenvalue weighted by Gasteiger charge is 2.44. The normalized spacial score (nSPS) is 36.5. The highest BCUT2D eigenvalue weighted by atomic mass is 16.5. The van der Waals surface area contributed by atoms with Crippen LogP contribution in [0.5, 0.6) is 0 Å². The largest absolute Gasteiger partial charge is 0.368 e. The molecule has 4 rings (SSSR count). The number of hydrogen-bond donors (Lipinski definition) is 1. The van der Waals surface area contributed by atoms with Crippen molar-refractivity contribution >= 4 is 17.7 Å². The number of likely N-dealkylation sites (tertiary alicyclic amines) is 1. The second-order valence-electron chi connectivity index (χ2n) is 11.4. The number of ether oxygens (including phenoxy) is 1. The zero-order chi connectivity index (χ0) is 23.5. The van der Waals surface area contributed by atoms with Gasteiger partial charge in [-0.2, -0.15) is 0 Å². The fourth-order valence-electron chi connectivity index (χ4n) is 6.46. The van der Waals surface area contributed by atoms with Gasteiger partial charge in [-0.25, -0.2) is 0 Å². The van der Waals surface area contributed by atoms with Gasteiger partial charge in [-0.3, -0.25) is 14.4 Å². The third-order valence-corrected chi connectivity index (χ3v) is 8.35. The summed E-state index contributed by atoms with van der Waals surface area (Å²) in [6, 6.07) is 0.297. The van der Waals surface area contributed by atoms with E-state index in [0.717, 1.165) is 58.0 Å². The minimum Gasteiger partial charge on any atom is -0.368 e. The van der Waals surface area contributed by atoms with E-state index in [1.165, 1.54) is 0 Å². The van der Waals surface area contributed by atoms with Crippen LogP contribution in [0.15, 0.2) is 0 Å². The van der Waals surface area contributed by atoms with E-state index in [0.29, 0.717) is 49.7 Å². The lowest BCUT2D eigenvalue weighted by Gasteiger charge is -2.51. The molecule has 4 heterocycles.